The van der Waals surface area contributed by atoms with Gasteiger partial charge in [-0.3, -0.25) is 14.0 Å². The maximum absolute atomic E-state index is 12.8. The molecule has 6 nitrogen and oxygen atoms in total. The number of aryl methyl sites for hydroxylation is 1. The van der Waals surface area contributed by atoms with Crippen molar-refractivity contribution in [2.24, 2.45) is 7.05 Å². The number of hydrogen-bond donors (Lipinski definition) is 0. The summed E-state index contributed by atoms with van der Waals surface area (Å²) in [5.41, 5.74) is 1.16. The minimum atomic E-state index is -4.80. The number of alkyl halides is 3. The van der Waals surface area contributed by atoms with E-state index >= 15 is 0 Å². The Kier molecular flexibility index (Phi) is 5.67. The Morgan fingerprint density at radius 3 is 2.22 bits per heavy atom. The van der Waals surface area contributed by atoms with Gasteiger partial charge in [-0.15, -0.1) is 13.2 Å². The van der Waals surface area contributed by atoms with Crippen molar-refractivity contribution in [3.05, 3.63) is 88.6 Å². The number of benzene rings is 2. The largest absolute Gasteiger partial charge is 0.573 e. The highest BCUT2D eigenvalue weighted by atomic mass is 35.5. The van der Waals surface area contributed by atoms with Gasteiger partial charge in [-0.05, 0) is 48.5 Å². The average Bonchev–Trinajstić information content (AvgIpc) is 3.15. The van der Waals surface area contributed by atoms with Crippen LogP contribution in [0.4, 0.5) is 13.2 Å². The highest BCUT2D eigenvalue weighted by Crippen LogP contribution is 2.33. The van der Waals surface area contributed by atoms with Crippen LogP contribution >= 0.6 is 11.6 Å². The number of pyridine rings is 1. The van der Waals surface area contributed by atoms with E-state index in [1.807, 2.05) is 0 Å². The van der Waals surface area contributed by atoms with Crippen LogP contribution in [0, 0.1) is 0 Å². The maximum Gasteiger partial charge on any atom is 0.573 e. The highest BCUT2D eigenvalue weighted by Gasteiger charge is 2.31. The summed E-state index contributed by atoms with van der Waals surface area (Å²) < 4.78 is 49.9. The molecule has 0 fully saturated rings. The van der Waals surface area contributed by atoms with Gasteiger partial charge in [0.05, 0.1) is 6.20 Å². The first-order valence-corrected chi connectivity index (χ1v) is 9.61. The van der Waals surface area contributed by atoms with E-state index in [9.17, 15) is 18.0 Å². The van der Waals surface area contributed by atoms with E-state index in [1.54, 1.807) is 54.6 Å². The van der Waals surface area contributed by atoms with Gasteiger partial charge in [0.1, 0.15) is 17.2 Å². The maximum atomic E-state index is 12.8. The number of halogens is 4. The number of ether oxygens (including phenoxy) is 2. The zero-order valence-electron chi connectivity index (χ0n) is 16.5. The van der Waals surface area contributed by atoms with Crippen LogP contribution in [0.3, 0.4) is 0 Å². The summed E-state index contributed by atoms with van der Waals surface area (Å²) in [6.07, 6.45) is 0.106. The normalized spacial score (nSPS) is 11.4. The molecule has 0 N–H and O–H groups in total. The first-order valence-electron chi connectivity index (χ1n) is 9.23. The molecule has 32 heavy (non-hydrogen) atoms. The Morgan fingerprint density at radius 2 is 1.62 bits per heavy atom. The van der Waals surface area contributed by atoms with Crippen LogP contribution in [0.5, 0.6) is 17.2 Å². The van der Waals surface area contributed by atoms with Crippen LogP contribution in [-0.4, -0.2) is 20.7 Å². The van der Waals surface area contributed by atoms with Crippen molar-refractivity contribution >= 4 is 11.6 Å². The predicted octanol–water partition coefficient (Wildman–Crippen LogP) is 5.58. The molecule has 0 aliphatic carbocycles. The van der Waals surface area contributed by atoms with Gasteiger partial charge in [0.15, 0.2) is 0 Å². The third-order valence-corrected chi connectivity index (χ3v) is 4.67. The summed E-state index contributed by atoms with van der Waals surface area (Å²) in [5.74, 6) is 0.383. The molecule has 4 aromatic rings. The Balaban J connectivity index is 1.76. The second kappa shape index (κ2) is 8.43. The standard InChI is InChI=1S/C22H15ClF3N3O3/c1-28-12-14(11-27-28)19-13-29(16-4-8-18(9-5-16)32-22(24,25)26)21(30)10-20(19)31-17-6-2-15(23)3-7-17/h2-13H,1H3. The van der Waals surface area contributed by atoms with Crippen molar-refractivity contribution in [3.63, 3.8) is 0 Å². The van der Waals surface area contributed by atoms with Crippen molar-refractivity contribution in [2.45, 2.75) is 6.36 Å². The molecule has 10 heteroatoms. The quantitative estimate of drug-likeness (QED) is 0.389. The van der Waals surface area contributed by atoms with E-state index in [0.29, 0.717) is 33.3 Å². The molecule has 2 aromatic heterocycles. The molecule has 0 spiro atoms. The summed E-state index contributed by atoms with van der Waals surface area (Å²) in [4.78, 5) is 12.8. The van der Waals surface area contributed by atoms with Gasteiger partial charge in [0.25, 0.3) is 5.56 Å². The predicted molar refractivity (Wildman–Crippen MR) is 112 cm³/mol. The van der Waals surface area contributed by atoms with Gasteiger partial charge in [0, 0.05) is 47.3 Å². The van der Waals surface area contributed by atoms with Crippen molar-refractivity contribution in [1.82, 2.24) is 14.3 Å². The second-order valence-electron chi connectivity index (χ2n) is 6.76. The first kappa shape index (κ1) is 21.5. The van der Waals surface area contributed by atoms with E-state index in [-0.39, 0.29) is 5.75 Å². The third-order valence-electron chi connectivity index (χ3n) is 4.42. The fraction of sp³-hybridized carbons (Fsp3) is 0.0909. The molecule has 0 bridgehead atoms. The summed E-state index contributed by atoms with van der Waals surface area (Å²) in [5, 5.41) is 4.70. The lowest BCUT2D eigenvalue weighted by Crippen LogP contribution is -2.18. The molecule has 0 amide bonds. The molecule has 0 saturated carbocycles. The van der Waals surface area contributed by atoms with Crippen molar-refractivity contribution in [1.29, 1.82) is 0 Å². The smallest absolute Gasteiger partial charge is 0.456 e. The fourth-order valence-corrected chi connectivity index (χ4v) is 3.14. The Hall–Kier alpha value is -3.72. The monoisotopic (exact) mass is 461 g/mol. The van der Waals surface area contributed by atoms with Gasteiger partial charge < -0.3 is 9.47 Å². The molecular formula is C22H15ClF3N3O3. The molecule has 0 atom stereocenters. The zero-order valence-corrected chi connectivity index (χ0v) is 17.3. The van der Waals surface area contributed by atoms with Gasteiger partial charge in [-0.1, -0.05) is 11.6 Å². The van der Waals surface area contributed by atoms with Crippen molar-refractivity contribution in [3.8, 4) is 34.1 Å². The van der Waals surface area contributed by atoms with Crippen LogP contribution in [0.15, 0.2) is 78.0 Å². The third kappa shape index (κ3) is 4.94. The van der Waals surface area contributed by atoms with Crippen LogP contribution < -0.4 is 15.0 Å². The second-order valence-corrected chi connectivity index (χ2v) is 7.20. The minimum absolute atomic E-state index is 0.290. The molecule has 0 radical (unpaired) electrons. The lowest BCUT2D eigenvalue weighted by atomic mass is 10.1. The fourth-order valence-electron chi connectivity index (χ4n) is 3.02. The topological polar surface area (TPSA) is 58.3 Å². The Bertz CT molecular complexity index is 1300. The Morgan fingerprint density at radius 1 is 0.969 bits per heavy atom. The molecule has 0 unspecified atom stereocenters. The molecular weight excluding hydrogens is 447 g/mol. The van der Waals surface area contributed by atoms with E-state index < -0.39 is 11.9 Å². The van der Waals surface area contributed by atoms with Crippen LogP contribution in [0.1, 0.15) is 0 Å². The van der Waals surface area contributed by atoms with E-state index in [0.717, 1.165) is 12.1 Å². The number of rotatable bonds is 5. The molecule has 0 aliphatic rings. The van der Waals surface area contributed by atoms with Crippen LogP contribution in [0.25, 0.3) is 16.8 Å². The lowest BCUT2D eigenvalue weighted by Gasteiger charge is -2.14. The zero-order chi connectivity index (χ0) is 22.9. The van der Waals surface area contributed by atoms with Crippen LogP contribution in [0.2, 0.25) is 5.02 Å². The lowest BCUT2D eigenvalue weighted by molar-refractivity contribution is -0.274. The summed E-state index contributed by atoms with van der Waals surface area (Å²) in [6.45, 7) is 0. The number of aromatic nitrogens is 3. The van der Waals surface area contributed by atoms with Crippen LogP contribution in [-0.2, 0) is 7.05 Å². The van der Waals surface area contributed by atoms with Crippen molar-refractivity contribution < 1.29 is 22.6 Å². The number of nitrogens with zero attached hydrogens (tertiary/aromatic N) is 3. The van der Waals surface area contributed by atoms with E-state index in [2.05, 4.69) is 9.84 Å². The van der Waals surface area contributed by atoms with Crippen molar-refractivity contribution in [2.75, 3.05) is 0 Å². The van der Waals surface area contributed by atoms with E-state index in [1.165, 1.54) is 22.8 Å². The van der Waals surface area contributed by atoms with Gasteiger partial charge in [-0.25, -0.2) is 0 Å². The molecule has 4 rings (SSSR count). The molecule has 2 aromatic carbocycles. The summed E-state index contributed by atoms with van der Waals surface area (Å²) >= 11 is 5.91. The average molecular weight is 462 g/mol. The van der Waals surface area contributed by atoms with E-state index in [4.69, 9.17) is 16.3 Å². The first-order chi connectivity index (χ1) is 15.2. The molecule has 164 valence electrons. The molecule has 0 aliphatic heterocycles. The SMILES string of the molecule is Cn1cc(-c2cn(-c3ccc(OC(F)(F)F)cc3)c(=O)cc2Oc2ccc(Cl)cc2)cn1. The molecule has 2 heterocycles. The van der Waals surface area contributed by atoms with Gasteiger partial charge >= 0.3 is 6.36 Å². The highest BCUT2D eigenvalue weighted by molar-refractivity contribution is 6.30. The van der Waals surface area contributed by atoms with Gasteiger partial charge in [-0.2, -0.15) is 5.10 Å². The Labute approximate surface area is 185 Å². The summed E-state index contributed by atoms with van der Waals surface area (Å²) in [6, 6.07) is 12.9. The summed E-state index contributed by atoms with van der Waals surface area (Å²) in [7, 11) is 1.75. The van der Waals surface area contributed by atoms with Gasteiger partial charge in [0.2, 0.25) is 0 Å². The molecule has 0 saturated heterocycles. The minimum Gasteiger partial charge on any atom is -0.456 e. The number of hydrogen-bond acceptors (Lipinski definition) is 4.